The zero-order valence-corrected chi connectivity index (χ0v) is 20.4. The van der Waals surface area contributed by atoms with Crippen LogP contribution in [0.3, 0.4) is 0 Å². The third-order valence-electron chi connectivity index (χ3n) is 6.66. The number of hydrogen-bond donors (Lipinski definition) is 1. The SMILES string of the molecule is CC1C(C(=O)[O-])=C(n2c(=O)c(=O)[nH]c3ccccc32)CCN1C1CCCCCCC1.[Na+]. The number of carbonyl (C=O) groups excluding carboxylic acids is 1. The number of aromatic nitrogens is 2. The second-order valence-electron chi connectivity index (χ2n) is 8.42. The fourth-order valence-corrected chi connectivity index (χ4v) is 5.18. The molecular weight excluding hydrogens is 405 g/mol. The molecule has 1 aromatic carbocycles. The molecule has 2 aromatic rings. The quantitative estimate of drug-likeness (QED) is 0.488. The number of H-pyrrole nitrogens is 1. The van der Waals surface area contributed by atoms with Crippen LogP contribution in [0.5, 0.6) is 0 Å². The number of aromatic amines is 1. The van der Waals surface area contributed by atoms with Crippen LogP contribution in [0.2, 0.25) is 0 Å². The topological polar surface area (TPSA) is 98.2 Å². The van der Waals surface area contributed by atoms with Crippen molar-refractivity contribution in [3.63, 3.8) is 0 Å². The number of fused-ring (bicyclic) bond motifs is 1. The molecule has 1 aliphatic heterocycles. The first-order chi connectivity index (χ1) is 14.5. The van der Waals surface area contributed by atoms with Crippen LogP contribution in [0.1, 0.15) is 58.3 Å². The molecule has 1 N–H and O–H groups in total. The van der Waals surface area contributed by atoms with Crippen molar-refractivity contribution in [2.24, 2.45) is 0 Å². The maximum absolute atomic E-state index is 12.8. The van der Waals surface area contributed by atoms with E-state index in [1.54, 1.807) is 24.3 Å². The third kappa shape index (κ3) is 4.75. The van der Waals surface area contributed by atoms with Gasteiger partial charge in [0.05, 0.1) is 17.0 Å². The maximum Gasteiger partial charge on any atom is 1.00 e. The van der Waals surface area contributed by atoms with E-state index in [2.05, 4.69) is 9.88 Å². The van der Waals surface area contributed by atoms with Gasteiger partial charge in [0.2, 0.25) is 0 Å². The van der Waals surface area contributed by atoms with Crippen LogP contribution in [-0.4, -0.2) is 39.0 Å². The fraction of sp³-hybridized carbons (Fsp3) is 0.522. The molecular formula is C23H28N3NaO4. The second-order valence-corrected chi connectivity index (χ2v) is 8.42. The van der Waals surface area contributed by atoms with E-state index in [0.29, 0.717) is 35.7 Å². The molecule has 2 aliphatic rings. The molecule has 1 atom stereocenters. The van der Waals surface area contributed by atoms with E-state index in [1.165, 1.54) is 23.8 Å². The van der Waals surface area contributed by atoms with Crippen molar-refractivity contribution < 1.29 is 39.5 Å². The van der Waals surface area contributed by atoms with Gasteiger partial charge in [-0.3, -0.25) is 19.1 Å². The molecule has 1 saturated carbocycles. The van der Waals surface area contributed by atoms with Crippen LogP contribution in [-0.2, 0) is 4.79 Å². The predicted molar refractivity (Wildman–Crippen MR) is 114 cm³/mol. The summed E-state index contributed by atoms with van der Waals surface area (Å²) >= 11 is 0. The van der Waals surface area contributed by atoms with Crippen LogP contribution in [0.4, 0.5) is 0 Å². The molecule has 2 heterocycles. The summed E-state index contributed by atoms with van der Waals surface area (Å²) < 4.78 is 1.28. The fourth-order valence-electron chi connectivity index (χ4n) is 5.18. The van der Waals surface area contributed by atoms with Crippen molar-refractivity contribution in [1.29, 1.82) is 0 Å². The number of benzene rings is 1. The zero-order chi connectivity index (χ0) is 21.3. The number of para-hydroxylation sites is 2. The molecule has 1 unspecified atom stereocenters. The minimum Gasteiger partial charge on any atom is -0.545 e. The van der Waals surface area contributed by atoms with Gasteiger partial charge in [0.1, 0.15) is 0 Å². The number of carbonyl (C=O) groups is 1. The number of nitrogens with one attached hydrogen (secondary N) is 1. The number of nitrogens with zero attached hydrogens (tertiary/aromatic N) is 2. The van der Waals surface area contributed by atoms with Crippen molar-refractivity contribution >= 4 is 22.7 Å². The van der Waals surface area contributed by atoms with Gasteiger partial charge in [0, 0.05) is 36.3 Å². The van der Waals surface area contributed by atoms with Gasteiger partial charge in [-0.15, -0.1) is 0 Å². The number of hydrogen-bond acceptors (Lipinski definition) is 5. The number of carboxylic acids is 1. The third-order valence-corrected chi connectivity index (χ3v) is 6.66. The number of carboxylic acid groups (broad SMARTS) is 1. The summed E-state index contributed by atoms with van der Waals surface area (Å²) in [5, 5.41) is 12.2. The molecule has 0 radical (unpaired) electrons. The standard InChI is InChI=1S/C23H29N3O4.Na/c1-15-20(23(29)30)19(13-14-25(15)16-9-5-3-2-4-6-10-16)26-18-12-8-7-11-17(18)24-21(27)22(26)28;/h7-8,11-12,15-16H,2-6,9-10,13-14H2,1H3,(H,24,27)(H,29,30);/q;+1/p-1. The second kappa shape index (κ2) is 10.3. The van der Waals surface area contributed by atoms with E-state index >= 15 is 0 Å². The summed E-state index contributed by atoms with van der Waals surface area (Å²) in [5.74, 6) is -1.27. The smallest absolute Gasteiger partial charge is 0.545 e. The maximum atomic E-state index is 12.8. The Kier molecular flexibility index (Phi) is 7.97. The molecule has 7 nitrogen and oxygen atoms in total. The summed E-state index contributed by atoms with van der Waals surface area (Å²) in [7, 11) is 0. The molecule has 31 heavy (non-hydrogen) atoms. The van der Waals surface area contributed by atoms with E-state index in [4.69, 9.17) is 0 Å². The van der Waals surface area contributed by atoms with Gasteiger partial charge in [0.15, 0.2) is 0 Å². The molecule has 1 aliphatic carbocycles. The van der Waals surface area contributed by atoms with Crippen LogP contribution in [0.25, 0.3) is 16.7 Å². The molecule has 8 heteroatoms. The van der Waals surface area contributed by atoms with E-state index in [1.807, 2.05) is 6.92 Å². The van der Waals surface area contributed by atoms with E-state index in [-0.39, 0.29) is 41.2 Å². The number of aliphatic carboxylic acids is 1. The van der Waals surface area contributed by atoms with E-state index in [0.717, 1.165) is 25.7 Å². The van der Waals surface area contributed by atoms with Gasteiger partial charge < -0.3 is 14.9 Å². The van der Waals surface area contributed by atoms with Crippen molar-refractivity contribution in [3.8, 4) is 0 Å². The first-order valence-electron chi connectivity index (χ1n) is 10.9. The Morgan fingerprint density at radius 3 is 2.39 bits per heavy atom. The average molecular weight is 433 g/mol. The molecule has 0 spiro atoms. The Labute approximate surface area is 203 Å². The van der Waals surface area contributed by atoms with Crippen LogP contribution in [0, 0.1) is 0 Å². The van der Waals surface area contributed by atoms with Crippen molar-refractivity contribution in [3.05, 3.63) is 50.5 Å². The average Bonchev–Trinajstić information content (AvgIpc) is 2.69. The summed E-state index contributed by atoms with van der Waals surface area (Å²) in [5.41, 5.74) is -0.0223. The van der Waals surface area contributed by atoms with Crippen LogP contribution < -0.4 is 45.8 Å². The van der Waals surface area contributed by atoms with E-state index in [9.17, 15) is 19.5 Å². The minimum absolute atomic E-state index is 0. The predicted octanol–water partition coefficient (Wildman–Crippen LogP) is -1.14. The van der Waals surface area contributed by atoms with Crippen molar-refractivity contribution in [2.75, 3.05) is 6.54 Å². The van der Waals surface area contributed by atoms with Gasteiger partial charge in [-0.2, -0.15) is 0 Å². The minimum atomic E-state index is -1.27. The Bertz CT molecular complexity index is 1100. The first-order valence-corrected chi connectivity index (χ1v) is 10.9. The molecule has 0 bridgehead atoms. The van der Waals surface area contributed by atoms with E-state index < -0.39 is 17.1 Å². The van der Waals surface area contributed by atoms with Gasteiger partial charge in [-0.1, -0.05) is 44.2 Å². The summed E-state index contributed by atoms with van der Waals surface area (Å²) in [4.78, 5) is 42.1. The van der Waals surface area contributed by atoms with Crippen molar-refractivity contribution in [2.45, 2.75) is 70.4 Å². The Balaban J connectivity index is 0.00000272. The number of rotatable bonds is 3. The normalized spacial score (nSPS) is 21.4. The molecule has 4 rings (SSSR count). The largest absolute Gasteiger partial charge is 1.00 e. The Hall–Kier alpha value is -1.67. The molecule has 0 amide bonds. The zero-order valence-electron chi connectivity index (χ0n) is 18.4. The first kappa shape index (κ1) is 24.0. The van der Waals surface area contributed by atoms with Gasteiger partial charge in [-0.25, -0.2) is 0 Å². The summed E-state index contributed by atoms with van der Waals surface area (Å²) in [6.45, 7) is 2.54. The Morgan fingerprint density at radius 1 is 1.06 bits per heavy atom. The van der Waals surface area contributed by atoms with Gasteiger partial charge in [0.25, 0.3) is 0 Å². The molecule has 1 aromatic heterocycles. The molecule has 160 valence electrons. The van der Waals surface area contributed by atoms with Crippen molar-refractivity contribution in [1.82, 2.24) is 14.5 Å². The van der Waals surface area contributed by atoms with Crippen LogP contribution >= 0.6 is 0 Å². The Morgan fingerprint density at radius 2 is 1.71 bits per heavy atom. The van der Waals surface area contributed by atoms with Crippen LogP contribution in [0.15, 0.2) is 39.4 Å². The monoisotopic (exact) mass is 433 g/mol. The summed E-state index contributed by atoms with van der Waals surface area (Å²) in [6.07, 6.45) is 8.55. The summed E-state index contributed by atoms with van der Waals surface area (Å²) in [6, 6.07) is 6.92. The molecule has 0 saturated heterocycles. The van der Waals surface area contributed by atoms with Gasteiger partial charge >= 0.3 is 40.7 Å². The molecule has 1 fully saturated rings. The van der Waals surface area contributed by atoms with Gasteiger partial charge in [-0.05, 0) is 31.9 Å².